The van der Waals surface area contributed by atoms with E-state index >= 15 is 0 Å². The summed E-state index contributed by atoms with van der Waals surface area (Å²) in [5.74, 6) is 0.703. The number of hydrogen-bond donors (Lipinski definition) is 1. The third-order valence-corrected chi connectivity index (χ3v) is 8.81. The Morgan fingerprint density at radius 1 is 1.00 bits per heavy atom. The molecule has 0 fully saturated rings. The van der Waals surface area contributed by atoms with Crippen LogP contribution >= 0.6 is 35.0 Å². The van der Waals surface area contributed by atoms with Gasteiger partial charge in [0.15, 0.2) is 5.78 Å². The Balaban J connectivity index is 1.61. The van der Waals surface area contributed by atoms with Crippen LogP contribution in [0.4, 0.5) is 5.69 Å². The van der Waals surface area contributed by atoms with Crippen LogP contribution in [-0.4, -0.2) is 5.78 Å². The summed E-state index contributed by atoms with van der Waals surface area (Å²) in [6.45, 7) is 4.15. The summed E-state index contributed by atoms with van der Waals surface area (Å²) in [7, 11) is 0. The summed E-state index contributed by atoms with van der Waals surface area (Å²) in [4.78, 5) is 16.5. The van der Waals surface area contributed by atoms with Crippen molar-refractivity contribution in [1.29, 1.82) is 5.26 Å². The molecule has 0 radical (unpaired) electrons. The minimum atomic E-state index is -0.494. The molecule has 1 aliphatic heterocycles. The van der Waals surface area contributed by atoms with Gasteiger partial charge >= 0.3 is 0 Å². The normalized spacial score (nSPS) is 17.5. The van der Waals surface area contributed by atoms with Gasteiger partial charge < -0.3 is 5.73 Å². The number of nitrogens with zero attached hydrogens (tertiary/aromatic N) is 2. The van der Waals surface area contributed by atoms with E-state index in [-0.39, 0.29) is 5.78 Å². The predicted octanol–water partition coefficient (Wildman–Crippen LogP) is 8.21. The molecule has 4 nitrogen and oxygen atoms in total. The topological polar surface area (TPSA) is 70.1 Å². The van der Waals surface area contributed by atoms with Crippen molar-refractivity contribution < 1.29 is 4.79 Å². The van der Waals surface area contributed by atoms with Gasteiger partial charge in [-0.25, -0.2) is 0 Å². The number of halogens is 2. The first-order valence-electron chi connectivity index (χ1n) is 12.5. The molecule has 1 unspecified atom stereocenters. The highest BCUT2D eigenvalue weighted by molar-refractivity contribution is 7.98. The van der Waals surface area contributed by atoms with Gasteiger partial charge in [-0.1, -0.05) is 35.3 Å². The van der Waals surface area contributed by atoms with Crippen LogP contribution in [0.2, 0.25) is 10.0 Å². The van der Waals surface area contributed by atoms with Gasteiger partial charge in [-0.05, 0) is 97.5 Å². The molecule has 0 spiro atoms. The molecule has 0 saturated heterocycles. The molecule has 38 heavy (non-hydrogen) atoms. The maximum absolute atomic E-state index is 13.5. The molecule has 0 aromatic heterocycles. The number of allylic oxidation sites excluding steroid dienone is 3. The molecule has 1 aliphatic carbocycles. The van der Waals surface area contributed by atoms with E-state index in [9.17, 15) is 10.1 Å². The van der Waals surface area contributed by atoms with Crippen molar-refractivity contribution in [2.45, 2.75) is 49.7 Å². The number of anilines is 1. The molecule has 0 amide bonds. The van der Waals surface area contributed by atoms with Crippen LogP contribution in [0.15, 0.2) is 88.2 Å². The molecule has 3 aromatic rings. The summed E-state index contributed by atoms with van der Waals surface area (Å²) in [5.41, 5.74) is 13.8. The van der Waals surface area contributed by atoms with E-state index in [1.807, 2.05) is 48.2 Å². The molecule has 192 valence electrons. The molecule has 0 bridgehead atoms. The van der Waals surface area contributed by atoms with Crippen molar-refractivity contribution in [3.8, 4) is 6.07 Å². The number of hydrogen-bond acceptors (Lipinski definition) is 5. The summed E-state index contributed by atoms with van der Waals surface area (Å²) in [6, 6.07) is 21.8. The third-order valence-electron chi connectivity index (χ3n) is 7.24. The van der Waals surface area contributed by atoms with Crippen LogP contribution < -0.4 is 10.6 Å². The Hall–Kier alpha value is -3.17. The highest BCUT2D eigenvalue weighted by atomic mass is 35.5. The van der Waals surface area contributed by atoms with Crippen LogP contribution in [0.25, 0.3) is 0 Å². The van der Waals surface area contributed by atoms with E-state index in [0.717, 1.165) is 45.1 Å². The van der Waals surface area contributed by atoms with Crippen molar-refractivity contribution >= 4 is 46.4 Å². The lowest BCUT2D eigenvalue weighted by molar-refractivity contribution is -0.116. The summed E-state index contributed by atoms with van der Waals surface area (Å²) < 4.78 is 0. The Labute approximate surface area is 237 Å². The predicted molar refractivity (Wildman–Crippen MR) is 156 cm³/mol. The van der Waals surface area contributed by atoms with Crippen LogP contribution in [0.5, 0.6) is 0 Å². The first-order valence-corrected chi connectivity index (χ1v) is 14.2. The second-order valence-corrected chi connectivity index (χ2v) is 11.6. The summed E-state index contributed by atoms with van der Waals surface area (Å²) >= 11 is 13.9. The quantitative estimate of drug-likeness (QED) is 0.319. The van der Waals surface area contributed by atoms with E-state index < -0.39 is 5.92 Å². The van der Waals surface area contributed by atoms with Crippen molar-refractivity contribution in [2.75, 3.05) is 4.90 Å². The maximum Gasteiger partial charge on any atom is 0.161 e. The number of nitriles is 1. The molecular weight excluding hydrogens is 533 g/mol. The lowest BCUT2D eigenvalue weighted by Crippen LogP contribution is -2.38. The number of nitrogens with two attached hydrogens (primary N) is 1. The average molecular weight is 561 g/mol. The number of aryl methyl sites for hydroxylation is 2. The number of rotatable bonds is 5. The van der Waals surface area contributed by atoms with Gasteiger partial charge in [0.25, 0.3) is 0 Å². The molecule has 7 heteroatoms. The van der Waals surface area contributed by atoms with Crippen molar-refractivity contribution in [3.63, 3.8) is 0 Å². The molecule has 5 rings (SSSR count). The maximum atomic E-state index is 13.5. The number of carbonyl (C=O) groups is 1. The third kappa shape index (κ3) is 4.97. The van der Waals surface area contributed by atoms with Crippen molar-refractivity contribution in [3.05, 3.63) is 116 Å². The zero-order valence-electron chi connectivity index (χ0n) is 21.2. The molecule has 3 aromatic carbocycles. The fourth-order valence-corrected chi connectivity index (χ4v) is 6.57. The smallest absolute Gasteiger partial charge is 0.161 e. The van der Waals surface area contributed by atoms with Gasteiger partial charge in [0.1, 0.15) is 5.82 Å². The number of ketones is 1. The number of Topliss-reactive ketones (excluding diaryl/α,β-unsaturated/α-hetero) is 1. The second-order valence-electron chi connectivity index (χ2n) is 9.67. The summed E-state index contributed by atoms with van der Waals surface area (Å²) in [6.07, 6.45) is 1.93. The standard InChI is InChI=1S/C31H27Cl2N3OS/c1-18-14-19(2)25(15-20(18)17-38-24-12-8-22(33)9-13-24)29-26(16-34)31(35)36(23-10-6-21(32)7-11-23)27-4-3-5-28(37)30(27)29/h6-15,29H,3-5,17,35H2,1-2H3. The van der Waals surface area contributed by atoms with E-state index in [4.69, 9.17) is 28.9 Å². The highest BCUT2D eigenvalue weighted by Crippen LogP contribution is 2.47. The van der Waals surface area contributed by atoms with Crippen LogP contribution in [0.1, 0.15) is 47.4 Å². The minimum absolute atomic E-state index is 0.0764. The zero-order valence-corrected chi connectivity index (χ0v) is 23.6. The van der Waals surface area contributed by atoms with Gasteiger partial charge in [0, 0.05) is 44.1 Å². The Morgan fingerprint density at radius 3 is 2.32 bits per heavy atom. The molecule has 2 N–H and O–H groups in total. The van der Waals surface area contributed by atoms with Crippen molar-refractivity contribution in [1.82, 2.24) is 0 Å². The van der Waals surface area contributed by atoms with E-state index in [1.54, 1.807) is 23.9 Å². The lowest BCUT2D eigenvalue weighted by atomic mass is 9.74. The lowest BCUT2D eigenvalue weighted by Gasteiger charge is -2.40. The zero-order chi connectivity index (χ0) is 27.0. The van der Waals surface area contributed by atoms with E-state index in [1.165, 1.54) is 5.56 Å². The van der Waals surface area contributed by atoms with Crippen LogP contribution in [0, 0.1) is 25.2 Å². The number of carbonyl (C=O) groups excluding carboxylic acids is 1. The fourth-order valence-electron chi connectivity index (χ4n) is 5.36. The van der Waals surface area contributed by atoms with Gasteiger partial charge in [0.2, 0.25) is 0 Å². The van der Waals surface area contributed by atoms with Gasteiger partial charge in [-0.15, -0.1) is 11.8 Å². The first-order chi connectivity index (χ1) is 18.3. The monoisotopic (exact) mass is 559 g/mol. The van der Waals surface area contributed by atoms with Crippen molar-refractivity contribution in [2.24, 2.45) is 5.73 Å². The molecular formula is C31H27Cl2N3OS. The van der Waals surface area contributed by atoms with E-state index in [2.05, 4.69) is 25.1 Å². The molecule has 1 heterocycles. The number of thioether (sulfide) groups is 1. The number of benzene rings is 3. The fraction of sp³-hybridized carbons (Fsp3) is 0.226. The summed E-state index contributed by atoms with van der Waals surface area (Å²) in [5, 5.41) is 11.7. The minimum Gasteiger partial charge on any atom is -0.384 e. The average Bonchev–Trinajstić information content (AvgIpc) is 2.90. The van der Waals surface area contributed by atoms with Crippen LogP contribution in [0.3, 0.4) is 0 Å². The van der Waals surface area contributed by atoms with Crippen LogP contribution in [-0.2, 0) is 10.5 Å². The van der Waals surface area contributed by atoms with Gasteiger partial charge in [-0.2, -0.15) is 5.26 Å². The molecule has 1 atom stereocenters. The Morgan fingerprint density at radius 2 is 1.66 bits per heavy atom. The van der Waals surface area contributed by atoms with Gasteiger partial charge in [-0.3, -0.25) is 9.69 Å². The first kappa shape index (κ1) is 26.4. The second kappa shape index (κ2) is 10.9. The van der Waals surface area contributed by atoms with E-state index in [0.29, 0.717) is 39.9 Å². The largest absolute Gasteiger partial charge is 0.384 e. The van der Waals surface area contributed by atoms with Gasteiger partial charge in [0.05, 0.1) is 17.6 Å². The Kier molecular flexibility index (Phi) is 7.59. The SMILES string of the molecule is Cc1cc(C)c(C2C(C#N)=C(N)N(c3ccc(Cl)cc3)C3=C2C(=O)CCC3)cc1CSc1ccc(Cl)cc1. The molecule has 2 aliphatic rings. The molecule has 0 saturated carbocycles. The highest BCUT2D eigenvalue weighted by Gasteiger charge is 2.41. The Bertz CT molecular complexity index is 1520.